The second kappa shape index (κ2) is 6.82. The minimum Gasteiger partial charge on any atom is -0.384 e. The molecule has 1 aliphatic rings. The zero-order chi connectivity index (χ0) is 20.9. The van der Waals surface area contributed by atoms with Gasteiger partial charge >= 0.3 is 11.8 Å². The van der Waals surface area contributed by atoms with Gasteiger partial charge in [0.2, 0.25) is 10.0 Å². The number of nitrogens with zero attached hydrogens (tertiary/aromatic N) is 1. The van der Waals surface area contributed by atoms with Gasteiger partial charge in [-0.15, -0.1) is 0 Å². The van der Waals surface area contributed by atoms with Crippen molar-refractivity contribution in [2.24, 2.45) is 0 Å². The maximum absolute atomic E-state index is 14.8. The van der Waals surface area contributed by atoms with E-state index in [1.54, 1.807) is 13.8 Å². The van der Waals surface area contributed by atoms with Gasteiger partial charge < -0.3 is 5.11 Å². The van der Waals surface area contributed by atoms with Crippen molar-refractivity contribution in [2.75, 3.05) is 13.1 Å². The molecule has 152 valence electrons. The smallest absolute Gasteiger partial charge is 0.340 e. The molecular weight excluding hydrogens is 398 g/mol. The van der Waals surface area contributed by atoms with Crippen LogP contribution in [0.3, 0.4) is 0 Å². The van der Waals surface area contributed by atoms with Crippen LogP contribution in [0.4, 0.5) is 17.6 Å². The molecule has 9 heteroatoms. The zero-order valence-corrected chi connectivity index (χ0v) is 16.0. The molecule has 0 fully saturated rings. The second-order valence-electron chi connectivity index (χ2n) is 6.48. The normalized spacial score (nSPS) is 20.4. The first-order chi connectivity index (χ1) is 13.0. The number of halogens is 4. The Morgan fingerprint density at radius 3 is 2.04 bits per heavy atom. The van der Waals surface area contributed by atoms with Gasteiger partial charge in [-0.1, -0.05) is 44.2 Å². The van der Waals surface area contributed by atoms with E-state index in [2.05, 4.69) is 0 Å². The first-order valence-corrected chi connectivity index (χ1v) is 10.1. The van der Waals surface area contributed by atoms with Crippen LogP contribution in [-0.4, -0.2) is 30.9 Å². The Hall–Kier alpha value is -1.97. The Morgan fingerprint density at radius 1 is 0.929 bits per heavy atom. The summed E-state index contributed by atoms with van der Waals surface area (Å²) in [6.45, 7) is 3.53. The van der Waals surface area contributed by atoms with Crippen molar-refractivity contribution in [1.29, 1.82) is 0 Å². The van der Waals surface area contributed by atoms with Crippen molar-refractivity contribution in [2.45, 2.75) is 36.7 Å². The Morgan fingerprint density at radius 2 is 1.46 bits per heavy atom. The highest BCUT2D eigenvalue weighted by Gasteiger charge is 2.62. The molecule has 0 radical (unpaired) electrons. The highest BCUT2D eigenvalue weighted by Crippen LogP contribution is 2.55. The average molecular weight is 417 g/mol. The maximum Gasteiger partial charge on any atom is 0.340 e. The number of benzene rings is 2. The van der Waals surface area contributed by atoms with E-state index < -0.39 is 44.7 Å². The minimum atomic E-state index is -4.63. The number of aliphatic hydroxyl groups is 1. The number of fused-ring (bicyclic) bond motifs is 2. The van der Waals surface area contributed by atoms with Crippen molar-refractivity contribution >= 4 is 10.0 Å². The summed E-state index contributed by atoms with van der Waals surface area (Å²) in [6, 6.07) is 6.89. The topological polar surface area (TPSA) is 57.6 Å². The van der Waals surface area contributed by atoms with Crippen LogP contribution in [0, 0.1) is 0 Å². The number of alkyl halides is 4. The Bertz CT molecular complexity index is 1000. The first-order valence-electron chi connectivity index (χ1n) is 8.67. The molecule has 0 bridgehead atoms. The molecule has 2 aromatic carbocycles. The third kappa shape index (κ3) is 2.84. The summed E-state index contributed by atoms with van der Waals surface area (Å²) in [7, 11) is -4.02. The summed E-state index contributed by atoms with van der Waals surface area (Å²) >= 11 is 0. The van der Waals surface area contributed by atoms with Gasteiger partial charge in [0.05, 0.1) is 4.90 Å². The highest BCUT2D eigenvalue weighted by atomic mass is 32.2. The lowest BCUT2D eigenvalue weighted by Gasteiger charge is -2.27. The fourth-order valence-corrected chi connectivity index (χ4v) is 4.95. The summed E-state index contributed by atoms with van der Waals surface area (Å²) in [4.78, 5) is -0.340. The van der Waals surface area contributed by atoms with Gasteiger partial charge in [-0.25, -0.2) is 8.42 Å². The fourth-order valence-electron chi connectivity index (χ4n) is 3.45. The molecule has 1 atom stereocenters. The van der Waals surface area contributed by atoms with Crippen LogP contribution in [0.2, 0.25) is 0 Å². The average Bonchev–Trinajstić information content (AvgIpc) is 2.71. The lowest BCUT2D eigenvalue weighted by molar-refractivity contribution is -0.223. The Labute approximate surface area is 160 Å². The van der Waals surface area contributed by atoms with Gasteiger partial charge in [0.1, 0.15) is 6.10 Å². The number of sulfonamides is 1. The van der Waals surface area contributed by atoms with Gasteiger partial charge in [-0.05, 0) is 23.3 Å². The molecule has 0 saturated heterocycles. The number of aliphatic hydroxyl groups excluding tert-OH is 1. The van der Waals surface area contributed by atoms with E-state index in [4.69, 9.17) is 0 Å². The van der Waals surface area contributed by atoms with Crippen LogP contribution in [0.5, 0.6) is 0 Å². The first kappa shape index (κ1) is 20.8. The molecule has 0 saturated carbocycles. The molecule has 1 aliphatic carbocycles. The standard InChI is InChI=1S/C19H19F4NO3S/c1-3-24(4-2)28(26,27)12-9-10-16-14(11-12)17(25)13-7-5-6-8-15(13)18(20,21)19(16,22)23/h5-11,17,25H,3-4H2,1-2H3. The van der Waals surface area contributed by atoms with E-state index >= 15 is 0 Å². The highest BCUT2D eigenvalue weighted by molar-refractivity contribution is 7.89. The molecule has 0 aliphatic heterocycles. The molecule has 0 spiro atoms. The Balaban J connectivity index is 2.30. The van der Waals surface area contributed by atoms with Crippen molar-refractivity contribution in [3.05, 3.63) is 64.7 Å². The van der Waals surface area contributed by atoms with E-state index in [0.717, 1.165) is 28.6 Å². The van der Waals surface area contributed by atoms with Gasteiger partial charge in [0, 0.05) is 24.2 Å². The molecule has 28 heavy (non-hydrogen) atoms. The van der Waals surface area contributed by atoms with Gasteiger partial charge in [-0.3, -0.25) is 0 Å². The molecule has 4 nitrogen and oxygen atoms in total. The summed E-state index contributed by atoms with van der Waals surface area (Å²) in [5.41, 5.74) is -3.03. The van der Waals surface area contributed by atoms with E-state index in [1.165, 1.54) is 12.1 Å². The third-order valence-electron chi connectivity index (χ3n) is 4.99. The SMILES string of the molecule is CCN(CC)S(=O)(=O)c1ccc2c(c1)C(O)c1ccccc1C(F)(F)C2(F)F. The zero-order valence-electron chi connectivity index (χ0n) is 15.2. The van der Waals surface area contributed by atoms with Crippen LogP contribution < -0.4 is 0 Å². The molecule has 2 aromatic rings. The maximum atomic E-state index is 14.8. The van der Waals surface area contributed by atoms with E-state index in [-0.39, 0.29) is 23.5 Å². The molecule has 0 heterocycles. The van der Waals surface area contributed by atoms with Crippen LogP contribution in [-0.2, 0) is 21.9 Å². The lowest BCUT2D eigenvalue weighted by Crippen LogP contribution is -2.35. The summed E-state index contributed by atoms with van der Waals surface area (Å²) in [6.07, 6.45) is -1.82. The van der Waals surface area contributed by atoms with Crippen LogP contribution in [0.1, 0.15) is 42.2 Å². The van der Waals surface area contributed by atoms with E-state index in [9.17, 15) is 31.1 Å². The van der Waals surface area contributed by atoms with E-state index in [1.807, 2.05) is 0 Å². The lowest BCUT2D eigenvalue weighted by atomic mass is 9.96. The molecule has 3 rings (SSSR count). The second-order valence-corrected chi connectivity index (χ2v) is 8.41. The number of hydrogen-bond donors (Lipinski definition) is 1. The molecule has 0 amide bonds. The van der Waals surface area contributed by atoms with Crippen molar-refractivity contribution in [3.63, 3.8) is 0 Å². The van der Waals surface area contributed by atoms with Crippen molar-refractivity contribution in [3.8, 4) is 0 Å². The fraction of sp³-hybridized carbons (Fsp3) is 0.368. The van der Waals surface area contributed by atoms with Crippen molar-refractivity contribution in [1.82, 2.24) is 4.31 Å². The Kier molecular flexibility index (Phi) is 5.06. The molecule has 1 N–H and O–H groups in total. The van der Waals surface area contributed by atoms with Gasteiger partial charge in [0.15, 0.2) is 0 Å². The summed E-state index contributed by atoms with van der Waals surface area (Å²) in [5.74, 6) is -9.21. The minimum absolute atomic E-state index is 0.148. The summed E-state index contributed by atoms with van der Waals surface area (Å²) in [5, 5.41) is 10.6. The predicted octanol–water partition coefficient (Wildman–Crippen LogP) is 4.00. The number of rotatable bonds is 4. The van der Waals surface area contributed by atoms with Gasteiger partial charge in [0.25, 0.3) is 0 Å². The monoisotopic (exact) mass is 417 g/mol. The van der Waals surface area contributed by atoms with Gasteiger partial charge in [-0.2, -0.15) is 21.9 Å². The van der Waals surface area contributed by atoms with E-state index in [0.29, 0.717) is 6.07 Å². The number of hydrogen-bond acceptors (Lipinski definition) is 3. The predicted molar refractivity (Wildman–Crippen MR) is 94.8 cm³/mol. The largest absolute Gasteiger partial charge is 0.384 e. The molecule has 0 aromatic heterocycles. The molecular formula is C19H19F4NO3S. The quantitative estimate of drug-likeness (QED) is 0.766. The van der Waals surface area contributed by atoms with Crippen LogP contribution in [0.15, 0.2) is 47.4 Å². The molecule has 1 unspecified atom stereocenters. The van der Waals surface area contributed by atoms with Crippen molar-refractivity contribution < 1.29 is 31.1 Å². The van der Waals surface area contributed by atoms with Crippen LogP contribution in [0.25, 0.3) is 0 Å². The summed E-state index contributed by atoms with van der Waals surface area (Å²) < 4.78 is 85.5. The van der Waals surface area contributed by atoms with Crippen LogP contribution >= 0.6 is 0 Å². The third-order valence-corrected chi connectivity index (χ3v) is 7.03.